The first-order chi connectivity index (χ1) is 9.65. The average molecular weight is 280 g/mol. The number of nitrogens with one attached hydrogen (secondary N) is 2. The molecule has 1 aliphatic heterocycles. The second-order valence-corrected chi connectivity index (χ2v) is 4.61. The van der Waals surface area contributed by atoms with Gasteiger partial charge in [0.15, 0.2) is 0 Å². The van der Waals surface area contributed by atoms with Gasteiger partial charge < -0.3 is 15.4 Å². The van der Waals surface area contributed by atoms with Gasteiger partial charge in [0.05, 0.1) is 13.0 Å². The molecule has 2 rings (SSSR count). The summed E-state index contributed by atoms with van der Waals surface area (Å²) in [6.07, 6.45) is 1.64. The Kier molecular flexibility index (Phi) is 4.92. The summed E-state index contributed by atoms with van der Waals surface area (Å²) in [4.78, 5) is 23.1. The highest BCUT2D eigenvalue weighted by atomic mass is 19.1. The van der Waals surface area contributed by atoms with Crippen LogP contribution in [0.1, 0.15) is 19.3 Å². The molecule has 1 heterocycles. The Morgan fingerprint density at radius 1 is 1.50 bits per heavy atom. The standard InChI is InChI=1S/C14H17FN2O3/c15-10-3-1-4-11(9-10)20-8-6-13(18)17-12-5-2-7-16-14(12)19/h1,3-4,9,12H,2,5-8H2,(H,16,19)(H,17,18)/t12-/m1/s1. The van der Waals surface area contributed by atoms with E-state index in [-0.39, 0.29) is 30.7 Å². The van der Waals surface area contributed by atoms with Crippen LogP contribution in [0.2, 0.25) is 0 Å². The topological polar surface area (TPSA) is 67.4 Å². The lowest BCUT2D eigenvalue weighted by molar-refractivity contribution is -0.130. The first-order valence-corrected chi connectivity index (χ1v) is 6.60. The summed E-state index contributed by atoms with van der Waals surface area (Å²) in [6, 6.07) is 5.28. The highest BCUT2D eigenvalue weighted by Gasteiger charge is 2.23. The first-order valence-electron chi connectivity index (χ1n) is 6.60. The molecular weight excluding hydrogens is 263 g/mol. The van der Waals surface area contributed by atoms with E-state index in [1.165, 1.54) is 18.2 Å². The minimum Gasteiger partial charge on any atom is -0.493 e. The number of hydrogen-bond acceptors (Lipinski definition) is 3. The molecule has 1 aromatic rings. The Morgan fingerprint density at radius 3 is 3.10 bits per heavy atom. The lowest BCUT2D eigenvalue weighted by Gasteiger charge is -2.22. The molecule has 0 aliphatic carbocycles. The van der Waals surface area contributed by atoms with Crippen molar-refractivity contribution in [3.63, 3.8) is 0 Å². The van der Waals surface area contributed by atoms with E-state index in [1.807, 2.05) is 0 Å². The van der Waals surface area contributed by atoms with Gasteiger partial charge >= 0.3 is 0 Å². The largest absolute Gasteiger partial charge is 0.493 e. The van der Waals surface area contributed by atoms with Crippen LogP contribution < -0.4 is 15.4 Å². The Morgan fingerprint density at radius 2 is 2.35 bits per heavy atom. The Labute approximate surface area is 116 Å². The van der Waals surface area contributed by atoms with Crippen molar-refractivity contribution in [1.82, 2.24) is 10.6 Å². The molecule has 6 heteroatoms. The first kappa shape index (κ1) is 14.3. The molecule has 2 N–H and O–H groups in total. The van der Waals surface area contributed by atoms with Crippen molar-refractivity contribution >= 4 is 11.8 Å². The monoisotopic (exact) mass is 280 g/mol. The van der Waals surface area contributed by atoms with Crippen LogP contribution in [0.3, 0.4) is 0 Å². The van der Waals surface area contributed by atoms with Crippen molar-refractivity contribution in [3.8, 4) is 5.75 Å². The zero-order valence-electron chi connectivity index (χ0n) is 11.0. The predicted molar refractivity (Wildman–Crippen MR) is 70.7 cm³/mol. The van der Waals surface area contributed by atoms with Crippen LogP contribution >= 0.6 is 0 Å². The van der Waals surface area contributed by atoms with Crippen LogP contribution in [0.15, 0.2) is 24.3 Å². The van der Waals surface area contributed by atoms with Crippen molar-refractivity contribution in [2.45, 2.75) is 25.3 Å². The number of carbonyl (C=O) groups is 2. The normalized spacial score (nSPS) is 18.2. The fourth-order valence-electron chi connectivity index (χ4n) is 1.99. The third-order valence-corrected chi connectivity index (χ3v) is 3.01. The van der Waals surface area contributed by atoms with Gasteiger partial charge in [0.25, 0.3) is 0 Å². The molecule has 1 aromatic carbocycles. The number of halogens is 1. The Balaban J connectivity index is 1.71. The molecule has 0 aromatic heterocycles. The van der Waals surface area contributed by atoms with Gasteiger partial charge in [0, 0.05) is 12.6 Å². The van der Waals surface area contributed by atoms with Crippen LogP contribution in [0.25, 0.3) is 0 Å². The SMILES string of the molecule is O=C(CCOc1cccc(F)c1)N[C@@H]1CCCNC1=O. The minimum absolute atomic E-state index is 0.125. The van der Waals surface area contributed by atoms with Crippen LogP contribution in [0.4, 0.5) is 4.39 Å². The summed E-state index contributed by atoms with van der Waals surface area (Å²) in [6.45, 7) is 0.803. The fraction of sp³-hybridized carbons (Fsp3) is 0.429. The summed E-state index contributed by atoms with van der Waals surface area (Å²) in [7, 11) is 0. The molecule has 20 heavy (non-hydrogen) atoms. The van der Waals surface area contributed by atoms with Crippen LogP contribution in [-0.2, 0) is 9.59 Å². The Bertz CT molecular complexity index is 493. The molecule has 1 aliphatic rings. The molecule has 1 saturated heterocycles. The van der Waals surface area contributed by atoms with Crippen molar-refractivity contribution in [3.05, 3.63) is 30.1 Å². The molecule has 0 spiro atoms. The van der Waals surface area contributed by atoms with E-state index in [1.54, 1.807) is 6.07 Å². The van der Waals surface area contributed by atoms with E-state index in [0.717, 1.165) is 6.42 Å². The number of ether oxygens (including phenoxy) is 1. The van der Waals surface area contributed by atoms with E-state index in [0.29, 0.717) is 18.7 Å². The quantitative estimate of drug-likeness (QED) is 0.845. The third kappa shape index (κ3) is 4.22. The van der Waals surface area contributed by atoms with Gasteiger partial charge in [-0.1, -0.05) is 6.07 Å². The highest BCUT2D eigenvalue weighted by molar-refractivity contribution is 5.88. The minimum atomic E-state index is -0.453. The maximum atomic E-state index is 12.9. The summed E-state index contributed by atoms with van der Waals surface area (Å²) in [5, 5.41) is 5.36. The van der Waals surface area contributed by atoms with Gasteiger partial charge in [-0.3, -0.25) is 9.59 Å². The molecule has 5 nitrogen and oxygen atoms in total. The zero-order chi connectivity index (χ0) is 14.4. The van der Waals surface area contributed by atoms with Gasteiger partial charge in [0.2, 0.25) is 11.8 Å². The third-order valence-electron chi connectivity index (χ3n) is 3.01. The smallest absolute Gasteiger partial charge is 0.242 e. The van der Waals surface area contributed by atoms with Crippen molar-refractivity contribution in [2.75, 3.05) is 13.2 Å². The average Bonchev–Trinajstić information content (AvgIpc) is 2.41. The predicted octanol–water partition coefficient (Wildman–Crippen LogP) is 0.989. The molecule has 0 unspecified atom stereocenters. The number of benzene rings is 1. The second kappa shape index (κ2) is 6.88. The van der Waals surface area contributed by atoms with Crippen LogP contribution in [0, 0.1) is 5.82 Å². The number of rotatable bonds is 5. The maximum Gasteiger partial charge on any atom is 0.242 e. The summed E-state index contributed by atoms with van der Waals surface area (Å²) < 4.78 is 18.2. The molecule has 0 radical (unpaired) electrons. The fourth-order valence-corrected chi connectivity index (χ4v) is 1.99. The zero-order valence-corrected chi connectivity index (χ0v) is 11.0. The van der Waals surface area contributed by atoms with Gasteiger partial charge in [-0.15, -0.1) is 0 Å². The van der Waals surface area contributed by atoms with Gasteiger partial charge in [-0.25, -0.2) is 4.39 Å². The molecule has 108 valence electrons. The molecular formula is C14H17FN2O3. The number of piperidine rings is 1. The van der Waals surface area contributed by atoms with Gasteiger partial charge in [-0.05, 0) is 25.0 Å². The lowest BCUT2D eigenvalue weighted by atomic mass is 10.1. The summed E-state index contributed by atoms with van der Waals surface area (Å²) in [5.74, 6) is -0.391. The molecule has 1 atom stereocenters. The molecule has 0 saturated carbocycles. The summed E-state index contributed by atoms with van der Waals surface area (Å²) in [5.41, 5.74) is 0. The number of hydrogen-bond donors (Lipinski definition) is 2. The van der Waals surface area contributed by atoms with E-state index >= 15 is 0 Å². The molecule has 1 fully saturated rings. The van der Waals surface area contributed by atoms with E-state index in [4.69, 9.17) is 4.74 Å². The highest BCUT2D eigenvalue weighted by Crippen LogP contribution is 2.12. The van der Waals surface area contributed by atoms with Crippen molar-refractivity contribution in [2.24, 2.45) is 0 Å². The van der Waals surface area contributed by atoms with Crippen molar-refractivity contribution in [1.29, 1.82) is 0 Å². The van der Waals surface area contributed by atoms with E-state index in [2.05, 4.69) is 10.6 Å². The molecule has 2 amide bonds. The lowest BCUT2D eigenvalue weighted by Crippen LogP contribution is -2.50. The second-order valence-electron chi connectivity index (χ2n) is 4.61. The summed E-state index contributed by atoms with van der Waals surface area (Å²) >= 11 is 0. The van der Waals surface area contributed by atoms with Crippen molar-refractivity contribution < 1.29 is 18.7 Å². The van der Waals surface area contributed by atoms with Crippen LogP contribution in [0.5, 0.6) is 5.75 Å². The molecule has 0 bridgehead atoms. The van der Waals surface area contributed by atoms with Gasteiger partial charge in [-0.2, -0.15) is 0 Å². The number of amides is 2. The number of carbonyl (C=O) groups excluding carboxylic acids is 2. The maximum absolute atomic E-state index is 12.9. The Hall–Kier alpha value is -2.11. The van der Waals surface area contributed by atoms with E-state index in [9.17, 15) is 14.0 Å². The van der Waals surface area contributed by atoms with Crippen LogP contribution in [-0.4, -0.2) is 31.0 Å². The van der Waals surface area contributed by atoms with Gasteiger partial charge in [0.1, 0.15) is 17.6 Å². The van der Waals surface area contributed by atoms with E-state index < -0.39 is 6.04 Å².